The summed E-state index contributed by atoms with van der Waals surface area (Å²) >= 11 is 0. The van der Waals surface area contributed by atoms with Gasteiger partial charge in [0.2, 0.25) is 0 Å². The Labute approximate surface area is 156 Å². The number of aromatic amines is 1. The highest BCUT2D eigenvalue weighted by atomic mass is 19.1. The number of fused-ring (bicyclic) bond motifs is 1. The van der Waals surface area contributed by atoms with Gasteiger partial charge < -0.3 is 26.9 Å². The van der Waals surface area contributed by atoms with E-state index in [1.54, 1.807) is 18.2 Å². The number of rotatable bonds is 7. The maximum Gasteiger partial charge on any atom is 0.268 e. The highest BCUT2D eigenvalue weighted by Crippen LogP contribution is 2.33. The van der Waals surface area contributed by atoms with Crippen molar-refractivity contribution >= 4 is 16.8 Å². The fourth-order valence-electron chi connectivity index (χ4n) is 3.08. The maximum atomic E-state index is 14.4. The van der Waals surface area contributed by atoms with Gasteiger partial charge in [0.1, 0.15) is 11.5 Å². The molecule has 6 nitrogen and oxygen atoms in total. The van der Waals surface area contributed by atoms with Gasteiger partial charge in [-0.3, -0.25) is 4.79 Å². The minimum absolute atomic E-state index is 0.0755. The van der Waals surface area contributed by atoms with Crippen molar-refractivity contribution in [1.82, 2.24) is 10.3 Å². The largest absolute Gasteiger partial charge is 0.391 e. The van der Waals surface area contributed by atoms with Crippen LogP contribution in [0.2, 0.25) is 0 Å². The van der Waals surface area contributed by atoms with Crippen molar-refractivity contribution in [3.63, 3.8) is 0 Å². The van der Waals surface area contributed by atoms with Crippen LogP contribution in [0.4, 0.5) is 4.39 Å². The number of nitrogens with one attached hydrogen (secondary N) is 2. The summed E-state index contributed by atoms with van der Waals surface area (Å²) < 4.78 is 14.4. The van der Waals surface area contributed by atoms with Crippen molar-refractivity contribution in [2.24, 2.45) is 11.5 Å². The Kier molecular flexibility index (Phi) is 5.85. The van der Waals surface area contributed by atoms with Gasteiger partial charge >= 0.3 is 0 Å². The summed E-state index contributed by atoms with van der Waals surface area (Å²) in [4.78, 5) is 15.8. The van der Waals surface area contributed by atoms with Gasteiger partial charge in [0, 0.05) is 34.6 Å². The third-order valence-electron chi connectivity index (χ3n) is 4.53. The molecule has 7 N–H and O–H groups in total. The van der Waals surface area contributed by atoms with Crippen LogP contribution >= 0.6 is 0 Å². The molecule has 2 atom stereocenters. The van der Waals surface area contributed by atoms with Crippen LogP contribution in [0.15, 0.2) is 48.5 Å². The number of hydrogen-bond acceptors (Lipinski definition) is 4. The van der Waals surface area contributed by atoms with Crippen LogP contribution in [0.1, 0.15) is 16.9 Å². The molecule has 0 aliphatic rings. The lowest BCUT2D eigenvalue weighted by molar-refractivity contribution is 0.0925. The van der Waals surface area contributed by atoms with E-state index in [9.17, 15) is 14.3 Å². The first kappa shape index (κ1) is 19.0. The summed E-state index contributed by atoms with van der Waals surface area (Å²) in [6, 6.07) is 13.0. The summed E-state index contributed by atoms with van der Waals surface area (Å²) in [5, 5.41) is 13.3. The van der Waals surface area contributed by atoms with Gasteiger partial charge in [0.15, 0.2) is 0 Å². The standard InChI is InChI=1S/C20H23FN4O2/c21-14-7-3-1-5-12(14)18-13-6-2-4-8-16(13)25-19(18)20(27)24-11-15(23)17(26)9-10-22/h1-8,15,17,25-26H,9-11,22-23H2,(H,24,27). The summed E-state index contributed by atoms with van der Waals surface area (Å²) in [5.41, 5.74) is 13.1. The van der Waals surface area contributed by atoms with Crippen LogP contribution < -0.4 is 16.8 Å². The second kappa shape index (κ2) is 8.30. The summed E-state index contributed by atoms with van der Waals surface area (Å²) in [5.74, 6) is -0.828. The zero-order valence-corrected chi connectivity index (χ0v) is 14.8. The van der Waals surface area contributed by atoms with Gasteiger partial charge in [-0.15, -0.1) is 0 Å². The van der Waals surface area contributed by atoms with E-state index >= 15 is 0 Å². The topological polar surface area (TPSA) is 117 Å². The van der Waals surface area contributed by atoms with Crippen LogP contribution in [0.25, 0.3) is 22.0 Å². The number of amides is 1. The molecule has 0 bridgehead atoms. The zero-order valence-electron chi connectivity index (χ0n) is 14.8. The van der Waals surface area contributed by atoms with E-state index in [2.05, 4.69) is 10.3 Å². The van der Waals surface area contributed by atoms with Gasteiger partial charge in [-0.2, -0.15) is 0 Å². The Morgan fingerprint density at radius 1 is 1.19 bits per heavy atom. The Morgan fingerprint density at radius 2 is 1.89 bits per heavy atom. The van der Waals surface area contributed by atoms with Gasteiger partial charge in [0.05, 0.1) is 6.10 Å². The molecule has 1 aromatic heterocycles. The van der Waals surface area contributed by atoms with E-state index in [0.29, 0.717) is 24.1 Å². The maximum absolute atomic E-state index is 14.4. The smallest absolute Gasteiger partial charge is 0.268 e. The molecule has 1 heterocycles. The SMILES string of the molecule is NCCC(O)C(N)CNC(=O)c1[nH]c2ccccc2c1-c1ccccc1F. The molecular weight excluding hydrogens is 347 g/mol. The molecule has 0 radical (unpaired) electrons. The Hall–Kier alpha value is -2.74. The molecule has 7 heteroatoms. The number of carbonyl (C=O) groups excluding carboxylic acids is 1. The molecule has 0 saturated heterocycles. The van der Waals surface area contributed by atoms with E-state index in [1.165, 1.54) is 6.07 Å². The van der Waals surface area contributed by atoms with Gasteiger partial charge in [-0.05, 0) is 25.1 Å². The minimum atomic E-state index is -0.802. The van der Waals surface area contributed by atoms with Crippen molar-refractivity contribution < 1.29 is 14.3 Å². The molecule has 2 unspecified atom stereocenters. The van der Waals surface area contributed by atoms with Crippen LogP contribution in [-0.4, -0.2) is 41.2 Å². The normalized spacial score (nSPS) is 13.5. The lowest BCUT2D eigenvalue weighted by atomic mass is 10.0. The minimum Gasteiger partial charge on any atom is -0.391 e. The molecular formula is C20H23FN4O2. The fourth-order valence-corrected chi connectivity index (χ4v) is 3.08. The van der Waals surface area contributed by atoms with Crippen molar-refractivity contribution in [1.29, 1.82) is 0 Å². The second-order valence-corrected chi connectivity index (χ2v) is 6.42. The summed E-state index contributed by atoms with van der Waals surface area (Å²) in [6.45, 7) is 0.383. The molecule has 3 aromatic rings. The average molecular weight is 370 g/mol. The van der Waals surface area contributed by atoms with Crippen LogP contribution in [0.3, 0.4) is 0 Å². The number of aliphatic hydroxyl groups excluding tert-OH is 1. The highest BCUT2D eigenvalue weighted by Gasteiger charge is 2.22. The first-order valence-corrected chi connectivity index (χ1v) is 8.80. The molecule has 0 spiro atoms. The van der Waals surface area contributed by atoms with Gasteiger partial charge in [0.25, 0.3) is 5.91 Å². The monoisotopic (exact) mass is 370 g/mol. The van der Waals surface area contributed by atoms with Gasteiger partial charge in [-0.25, -0.2) is 4.39 Å². The lowest BCUT2D eigenvalue weighted by Crippen LogP contribution is -2.45. The van der Waals surface area contributed by atoms with Gasteiger partial charge in [-0.1, -0.05) is 36.4 Å². The van der Waals surface area contributed by atoms with Crippen molar-refractivity contribution in [3.8, 4) is 11.1 Å². The van der Waals surface area contributed by atoms with Crippen LogP contribution in [0, 0.1) is 5.82 Å². The molecule has 27 heavy (non-hydrogen) atoms. The molecule has 0 aliphatic carbocycles. The third kappa shape index (κ3) is 4.00. The number of para-hydroxylation sites is 1. The molecule has 0 saturated carbocycles. The Balaban J connectivity index is 1.93. The Bertz CT molecular complexity index is 941. The number of benzene rings is 2. The Morgan fingerprint density at radius 3 is 2.63 bits per heavy atom. The van der Waals surface area contributed by atoms with E-state index in [-0.39, 0.29) is 12.2 Å². The van der Waals surface area contributed by atoms with Crippen LogP contribution in [0.5, 0.6) is 0 Å². The average Bonchev–Trinajstić information content (AvgIpc) is 3.06. The van der Waals surface area contributed by atoms with E-state index in [1.807, 2.05) is 24.3 Å². The van der Waals surface area contributed by atoms with E-state index in [4.69, 9.17) is 11.5 Å². The summed E-state index contributed by atoms with van der Waals surface area (Å²) in [7, 11) is 0. The number of aliphatic hydroxyl groups is 1. The fraction of sp³-hybridized carbons (Fsp3) is 0.250. The highest BCUT2D eigenvalue weighted by molar-refractivity contribution is 6.09. The quantitative estimate of drug-likeness (QED) is 0.435. The number of H-pyrrole nitrogens is 1. The second-order valence-electron chi connectivity index (χ2n) is 6.42. The molecule has 2 aromatic carbocycles. The number of aromatic nitrogens is 1. The molecule has 142 valence electrons. The molecule has 1 amide bonds. The van der Waals surface area contributed by atoms with Crippen molar-refractivity contribution in [2.45, 2.75) is 18.6 Å². The third-order valence-corrected chi connectivity index (χ3v) is 4.53. The predicted molar refractivity (Wildman–Crippen MR) is 104 cm³/mol. The predicted octanol–water partition coefficient (Wildman–Crippen LogP) is 1.74. The number of halogens is 1. The molecule has 0 fully saturated rings. The molecule has 3 rings (SSSR count). The first-order valence-electron chi connectivity index (χ1n) is 8.80. The van der Waals surface area contributed by atoms with Crippen molar-refractivity contribution in [2.75, 3.05) is 13.1 Å². The van der Waals surface area contributed by atoms with E-state index < -0.39 is 23.9 Å². The number of carbonyl (C=O) groups is 1. The van der Waals surface area contributed by atoms with Crippen LogP contribution in [-0.2, 0) is 0 Å². The number of nitrogens with two attached hydrogens (primary N) is 2. The number of hydrogen-bond donors (Lipinski definition) is 5. The molecule has 0 aliphatic heterocycles. The van der Waals surface area contributed by atoms with E-state index in [0.717, 1.165) is 10.9 Å². The lowest BCUT2D eigenvalue weighted by Gasteiger charge is -2.18. The first-order chi connectivity index (χ1) is 13.0. The zero-order chi connectivity index (χ0) is 19.4. The van der Waals surface area contributed by atoms with Crippen molar-refractivity contribution in [3.05, 3.63) is 60.0 Å². The summed E-state index contributed by atoms with van der Waals surface area (Å²) in [6.07, 6.45) is -0.451.